The Morgan fingerprint density at radius 1 is 0.732 bits per heavy atom. The molecule has 13 heteroatoms. The van der Waals surface area contributed by atoms with E-state index in [4.69, 9.17) is 18.9 Å². The molecule has 296 valence electrons. The fraction of sp³-hybridized carbons (Fsp3) is 0.326. The van der Waals surface area contributed by atoms with Gasteiger partial charge in [-0.2, -0.15) is 0 Å². The zero-order chi connectivity index (χ0) is 40.7. The molecule has 4 aromatic rings. The van der Waals surface area contributed by atoms with Gasteiger partial charge in [-0.3, -0.25) is 19.2 Å². The first kappa shape index (κ1) is 42.5. The second kappa shape index (κ2) is 20.4. The number of halogens is 1. The van der Waals surface area contributed by atoms with Crippen LogP contribution in [0.15, 0.2) is 91.0 Å². The van der Waals surface area contributed by atoms with Crippen LogP contribution in [0.3, 0.4) is 0 Å². The van der Waals surface area contributed by atoms with Crippen molar-refractivity contribution in [3.63, 3.8) is 0 Å². The second-order valence-electron chi connectivity index (χ2n) is 13.8. The zero-order valence-corrected chi connectivity index (χ0v) is 32.2. The third kappa shape index (κ3) is 13.6. The van der Waals surface area contributed by atoms with E-state index < -0.39 is 29.3 Å². The Morgan fingerprint density at radius 3 is 1.86 bits per heavy atom. The van der Waals surface area contributed by atoms with Crippen molar-refractivity contribution in [1.29, 1.82) is 0 Å². The number of alkyl carbamates (subject to hydrolysis) is 1. The summed E-state index contributed by atoms with van der Waals surface area (Å²) in [5, 5.41) is 7.92. The Bertz CT molecular complexity index is 1960. The van der Waals surface area contributed by atoms with E-state index in [1.165, 1.54) is 6.07 Å². The van der Waals surface area contributed by atoms with Crippen molar-refractivity contribution in [2.24, 2.45) is 0 Å². The van der Waals surface area contributed by atoms with E-state index in [1.54, 1.807) is 113 Å². The van der Waals surface area contributed by atoms with Crippen molar-refractivity contribution < 1.29 is 47.3 Å². The third-order valence-electron chi connectivity index (χ3n) is 8.16. The van der Waals surface area contributed by atoms with E-state index in [1.807, 2.05) is 6.92 Å². The van der Waals surface area contributed by atoms with E-state index in [0.29, 0.717) is 51.6 Å². The number of anilines is 1. The molecule has 56 heavy (non-hydrogen) atoms. The van der Waals surface area contributed by atoms with Gasteiger partial charge in [-0.25, -0.2) is 9.18 Å². The van der Waals surface area contributed by atoms with Crippen LogP contribution in [0.2, 0.25) is 0 Å². The lowest BCUT2D eigenvalue weighted by molar-refractivity contribution is -0.145. The quantitative estimate of drug-likeness (QED) is 0.0541. The van der Waals surface area contributed by atoms with Crippen molar-refractivity contribution in [3.05, 3.63) is 114 Å². The van der Waals surface area contributed by atoms with Crippen molar-refractivity contribution in [2.45, 2.75) is 59.0 Å². The first-order valence-electron chi connectivity index (χ1n) is 18.3. The highest BCUT2D eigenvalue weighted by Crippen LogP contribution is 2.28. The Kier molecular flexibility index (Phi) is 15.5. The smallest absolute Gasteiger partial charge is 0.407 e. The summed E-state index contributed by atoms with van der Waals surface area (Å²) in [6, 6.07) is 24.1. The molecule has 4 aromatic carbocycles. The van der Waals surface area contributed by atoms with E-state index in [0.717, 1.165) is 12.8 Å². The molecule has 0 aromatic heterocycles. The molecule has 0 heterocycles. The second-order valence-corrected chi connectivity index (χ2v) is 13.8. The van der Waals surface area contributed by atoms with Gasteiger partial charge in [0, 0.05) is 35.5 Å². The van der Waals surface area contributed by atoms with Crippen molar-refractivity contribution in [3.8, 4) is 22.6 Å². The van der Waals surface area contributed by atoms with Gasteiger partial charge in [0.15, 0.2) is 19.0 Å². The Balaban J connectivity index is 1.18. The number of benzene rings is 4. The maximum absolute atomic E-state index is 15.1. The van der Waals surface area contributed by atoms with Crippen LogP contribution in [0.5, 0.6) is 11.5 Å². The van der Waals surface area contributed by atoms with Gasteiger partial charge in [0.25, 0.3) is 11.8 Å². The van der Waals surface area contributed by atoms with Crippen LogP contribution >= 0.6 is 0 Å². The lowest BCUT2D eigenvalue weighted by Gasteiger charge is -2.19. The normalized spacial score (nSPS) is 11.5. The fourth-order valence-corrected chi connectivity index (χ4v) is 5.14. The molecule has 0 saturated heterocycles. The molecular weight excluding hydrogens is 721 g/mol. The highest BCUT2D eigenvalue weighted by atomic mass is 19.1. The average Bonchev–Trinajstić information content (AvgIpc) is 3.17. The minimum Gasteiger partial charge on any atom is -0.484 e. The lowest BCUT2D eigenvalue weighted by Crippen LogP contribution is -2.39. The Hall–Kier alpha value is -6.24. The van der Waals surface area contributed by atoms with Crippen LogP contribution in [0.25, 0.3) is 11.1 Å². The molecule has 0 aliphatic rings. The number of carbonyl (C=O) groups excluding carboxylic acids is 5. The number of ketones is 1. The number of nitrogens with one attached hydrogen (secondary N) is 3. The third-order valence-corrected chi connectivity index (χ3v) is 8.16. The van der Waals surface area contributed by atoms with Crippen molar-refractivity contribution in [1.82, 2.24) is 10.6 Å². The van der Waals surface area contributed by atoms with Gasteiger partial charge >= 0.3 is 12.1 Å². The molecule has 1 unspecified atom stereocenters. The van der Waals surface area contributed by atoms with E-state index in [-0.39, 0.29) is 44.0 Å². The summed E-state index contributed by atoms with van der Waals surface area (Å²) in [5.41, 5.74) is 2.18. The summed E-state index contributed by atoms with van der Waals surface area (Å²) in [4.78, 5) is 61.6. The number of rotatable bonds is 18. The van der Waals surface area contributed by atoms with Gasteiger partial charge in [0.2, 0.25) is 0 Å². The molecule has 3 N–H and O–H groups in total. The van der Waals surface area contributed by atoms with Crippen LogP contribution < -0.4 is 25.4 Å². The van der Waals surface area contributed by atoms with Crippen LogP contribution in [-0.2, 0) is 23.9 Å². The van der Waals surface area contributed by atoms with Crippen LogP contribution in [0.4, 0.5) is 14.9 Å². The first-order valence-corrected chi connectivity index (χ1v) is 18.3. The van der Waals surface area contributed by atoms with Crippen LogP contribution in [0.1, 0.15) is 74.9 Å². The van der Waals surface area contributed by atoms with Crippen LogP contribution in [-0.4, -0.2) is 68.2 Å². The highest BCUT2D eigenvalue weighted by Gasteiger charge is 2.19. The summed E-state index contributed by atoms with van der Waals surface area (Å²) < 4.78 is 36.5. The molecular formula is C43H48FN3O9. The van der Waals surface area contributed by atoms with E-state index in [9.17, 15) is 24.0 Å². The number of ether oxygens (including phenoxy) is 4. The van der Waals surface area contributed by atoms with Crippen molar-refractivity contribution in [2.75, 3.05) is 38.2 Å². The summed E-state index contributed by atoms with van der Waals surface area (Å²) >= 11 is 0. The number of amides is 3. The molecule has 12 nitrogen and oxygen atoms in total. The van der Waals surface area contributed by atoms with E-state index >= 15 is 4.39 Å². The lowest BCUT2D eigenvalue weighted by atomic mass is 9.97. The number of hydrogen-bond acceptors (Lipinski definition) is 9. The van der Waals surface area contributed by atoms with Gasteiger partial charge < -0.3 is 34.9 Å². The minimum absolute atomic E-state index is 0.195. The Morgan fingerprint density at radius 2 is 1.30 bits per heavy atom. The van der Waals surface area contributed by atoms with Gasteiger partial charge in [0.1, 0.15) is 22.9 Å². The standard InChI is InChI=1S/C43H48FN3O9/c1-6-7-24-53-41(51)28(2)32-14-21-36(37(44)25-32)29-8-15-33(16-9-29)47-39(49)27-55-35-19-12-31(13-20-35)40(50)30-10-17-34(18-11-30)54-26-38(48)45-22-23-46-42(52)56-43(3,4)5/h8-21,25,28H,6-7,22-24,26-27H2,1-5H3,(H,45,48)(H,46,52)(H,47,49). The molecule has 0 saturated carbocycles. The SMILES string of the molecule is CCCCOC(=O)C(C)c1ccc(-c2ccc(NC(=O)COc3ccc(C(=O)c4ccc(OCC(=O)NCCNC(=O)OC(C)(C)C)cc4)cc3)cc2)c(F)c1. The Labute approximate surface area is 326 Å². The topological polar surface area (TPSA) is 158 Å². The zero-order valence-electron chi connectivity index (χ0n) is 32.2. The highest BCUT2D eigenvalue weighted by molar-refractivity contribution is 6.09. The number of carbonyl (C=O) groups is 5. The van der Waals surface area contributed by atoms with Gasteiger partial charge in [-0.15, -0.1) is 0 Å². The molecule has 0 spiro atoms. The molecule has 0 radical (unpaired) electrons. The van der Waals surface area contributed by atoms with Crippen molar-refractivity contribution >= 4 is 35.3 Å². The molecule has 0 fully saturated rings. The molecule has 0 aliphatic heterocycles. The van der Waals surface area contributed by atoms with Gasteiger partial charge in [0.05, 0.1) is 12.5 Å². The summed E-state index contributed by atoms with van der Waals surface area (Å²) in [7, 11) is 0. The fourth-order valence-electron chi connectivity index (χ4n) is 5.14. The first-order chi connectivity index (χ1) is 26.7. The predicted octanol–water partition coefficient (Wildman–Crippen LogP) is 7.21. The number of unbranched alkanes of at least 4 members (excludes halogenated alkanes) is 1. The largest absolute Gasteiger partial charge is 0.484 e. The molecule has 0 bridgehead atoms. The minimum atomic E-state index is -0.613. The molecule has 4 rings (SSSR count). The molecule has 3 amide bonds. The summed E-state index contributed by atoms with van der Waals surface area (Å²) in [5.74, 6) is -1.70. The predicted molar refractivity (Wildman–Crippen MR) is 209 cm³/mol. The van der Waals surface area contributed by atoms with Crippen LogP contribution in [0, 0.1) is 5.82 Å². The maximum Gasteiger partial charge on any atom is 0.407 e. The number of esters is 1. The average molecular weight is 770 g/mol. The van der Waals surface area contributed by atoms with Gasteiger partial charge in [-0.1, -0.05) is 37.6 Å². The molecule has 1 atom stereocenters. The van der Waals surface area contributed by atoms with Gasteiger partial charge in [-0.05, 0) is 112 Å². The summed E-state index contributed by atoms with van der Waals surface area (Å²) in [6.45, 7) is 9.16. The molecule has 0 aliphatic carbocycles. The number of hydrogen-bond donors (Lipinski definition) is 3. The summed E-state index contributed by atoms with van der Waals surface area (Å²) in [6.07, 6.45) is 1.11. The maximum atomic E-state index is 15.1. The van der Waals surface area contributed by atoms with E-state index in [2.05, 4.69) is 16.0 Å². The monoisotopic (exact) mass is 769 g/mol.